The van der Waals surface area contributed by atoms with Gasteiger partial charge in [-0.1, -0.05) is 18.2 Å². The molecule has 0 atom stereocenters. The second-order valence-corrected chi connectivity index (χ2v) is 6.55. The quantitative estimate of drug-likeness (QED) is 0.838. The standard InChI is InChI=1S/C15H16N4O2S/c16-12-6-8-14(9-7-12)22(20,21)18-15-17-10-11-19(15)13-4-2-1-3-5-13/h1-9H,10-11,16H2,(H,17,18). The number of nitrogens with one attached hydrogen (secondary N) is 1. The second kappa shape index (κ2) is 5.69. The Morgan fingerprint density at radius 1 is 1.05 bits per heavy atom. The summed E-state index contributed by atoms with van der Waals surface area (Å²) in [4.78, 5) is 6.25. The second-order valence-electron chi connectivity index (χ2n) is 4.87. The predicted octanol–water partition coefficient (Wildman–Crippen LogP) is 1.42. The molecule has 6 nitrogen and oxygen atoms in total. The van der Waals surface area contributed by atoms with E-state index in [1.165, 1.54) is 12.1 Å². The Labute approximate surface area is 129 Å². The van der Waals surface area contributed by atoms with E-state index in [0.29, 0.717) is 24.7 Å². The summed E-state index contributed by atoms with van der Waals surface area (Å²) in [5.74, 6) is 0.336. The molecule has 0 bridgehead atoms. The van der Waals surface area contributed by atoms with E-state index >= 15 is 0 Å². The molecule has 0 saturated carbocycles. The lowest BCUT2D eigenvalue weighted by Gasteiger charge is -2.21. The summed E-state index contributed by atoms with van der Waals surface area (Å²) in [5.41, 5.74) is 7.00. The van der Waals surface area contributed by atoms with Gasteiger partial charge in [-0.3, -0.25) is 4.99 Å². The number of anilines is 2. The number of nitrogen functional groups attached to an aromatic ring is 1. The third-order valence-electron chi connectivity index (χ3n) is 3.32. The smallest absolute Gasteiger partial charge is 0.264 e. The minimum atomic E-state index is -3.68. The monoisotopic (exact) mass is 316 g/mol. The van der Waals surface area contributed by atoms with E-state index in [2.05, 4.69) is 9.71 Å². The van der Waals surface area contributed by atoms with Crippen molar-refractivity contribution in [1.82, 2.24) is 4.72 Å². The van der Waals surface area contributed by atoms with E-state index < -0.39 is 10.0 Å². The van der Waals surface area contributed by atoms with E-state index in [4.69, 9.17) is 5.73 Å². The van der Waals surface area contributed by atoms with Crippen molar-refractivity contribution < 1.29 is 8.42 Å². The molecule has 0 aliphatic carbocycles. The highest BCUT2D eigenvalue weighted by molar-refractivity contribution is 7.90. The number of rotatable bonds is 3. The van der Waals surface area contributed by atoms with Gasteiger partial charge < -0.3 is 10.6 Å². The van der Waals surface area contributed by atoms with Gasteiger partial charge in [0.15, 0.2) is 0 Å². The largest absolute Gasteiger partial charge is 0.399 e. The zero-order chi connectivity index (χ0) is 15.6. The number of para-hydroxylation sites is 1. The molecule has 22 heavy (non-hydrogen) atoms. The number of guanidine groups is 1. The Hall–Kier alpha value is -2.54. The number of aliphatic imine (C=N–C) groups is 1. The molecule has 2 aromatic rings. The van der Waals surface area contributed by atoms with Crippen molar-refractivity contribution in [2.24, 2.45) is 4.99 Å². The van der Waals surface area contributed by atoms with Crippen molar-refractivity contribution >= 4 is 27.4 Å². The van der Waals surface area contributed by atoms with Gasteiger partial charge in [-0.2, -0.15) is 0 Å². The Morgan fingerprint density at radius 2 is 1.73 bits per heavy atom. The van der Waals surface area contributed by atoms with Crippen LogP contribution in [0.4, 0.5) is 11.4 Å². The molecule has 0 aromatic heterocycles. The maximum atomic E-state index is 12.4. The minimum absolute atomic E-state index is 0.157. The fraction of sp³-hybridized carbons (Fsp3) is 0.133. The highest BCUT2D eigenvalue weighted by Gasteiger charge is 2.24. The molecule has 0 fully saturated rings. The van der Waals surface area contributed by atoms with Gasteiger partial charge in [-0.25, -0.2) is 13.1 Å². The van der Waals surface area contributed by atoms with Gasteiger partial charge in [0.1, 0.15) is 0 Å². The topological polar surface area (TPSA) is 87.8 Å². The Balaban J connectivity index is 1.84. The average Bonchev–Trinajstić information content (AvgIpc) is 2.96. The molecule has 114 valence electrons. The van der Waals surface area contributed by atoms with Crippen LogP contribution in [-0.4, -0.2) is 27.5 Å². The van der Waals surface area contributed by atoms with Crippen molar-refractivity contribution in [3.63, 3.8) is 0 Å². The molecule has 0 unspecified atom stereocenters. The molecule has 0 amide bonds. The lowest BCUT2D eigenvalue weighted by Crippen LogP contribution is -2.41. The molecule has 1 aliphatic heterocycles. The summed E-state index contributed by atoms with van der Waals surface area (Å²) < 4.78 is 27.4. The van der Waals surface area contributed by atoms with Crippen LogP contribution >= 0.6 is 0 Å². The first-order valence-electron chi connectivity index (χ1n) is 6.82. The van der Waals surface area contributed by atoms with Crippen LogP contribution in [0.1, 0.15) is 0 Å². The highest BCUT2D eigenvalue weighted by Crippen LogP contribution is 2.18. The van der Waals surface area contributed by atoms with Crippen LogP contribution < -0.4 is 15.4 Å². The molecule has 1 heterocycles. The molecule has 3 N–H and O–H groups in total. The Kier molecular flexibility index (Phi) is 3.72. The molecule has 1 aliphatic rings. The van der Waals surface area contributed by atoms with Crippen molar-refractivity contribution in [3.8, 4) is 0 Å². The summed E-state index contributed by atoms with van der Waals surface area (Å²) in [7, 11) is -3.68. The normalized spacial score (nSPS) is 14.7. The van der Waals surface area contributed by atoms with Crippen molar-refractivity contribution in [3.05, 3.63) is 54.6 Å². The van der Waals surface area contributed by atoms with Crippen LogP contribution in [-0.2, 0) is 10.0 Å². The van der Waals surface area contributed by atoms with Gasteiger partial charge in [0.25, 0.3) is 10.0 Å². The number of hydrogen-bond donors (Lipinski definition) is 2. The first-order chi connectivity index (χ1) is 10.6. The van der Waals surface area contributed by atoms with Gasteiger partial charge >= 0.3 is 0 Å². The Bertz CT molecular complexity index is 786. The van der Waals surface area contributed by atoms with E-state index in [9.17, 15) is 8.42 Å². The van der Waals surface area contributed by atoms with Crippen molar-refractivity contribution in [2.75, 3.05) is 23.7 Å². The average molecular weight is 316 g/mol. The molecule has 0 saturated heterocycles. The van der Waals surface area contributed by atoms with Crippen LogP contribution in [0.2, 0.25) is 0 Å². The number of sulfonamides is 1. The SMILES string of the molecule is Nc1ccc(S(=O)(=O)NC2=NCCN2c2ccccc2)cc1. The molecule has 0 radical (unpaired) electrons. The lowest BCUT2D eigenvalue weighted by molar-refractivity contribution is 0.592. The predicted molar refractivity (Wildman–Crippen MR) is 87.3 cm³/mol. The zero-order valence-electron chi connectivity index (χ0n) is 11.8. The molecular formula is C15H16N4O2S. The van der Waals surface area contributed by atoms with Crippen molar-refractivity contribution in [2.45, 2.75) is 4.90 Å². The number of nitrogens with zero attached hydrogens (tertiary/aromatic N) is 2. The minimum Gasteiger partial charge on any atom is -0.399 e. The first-order valence-corrected chi connectivity index (χ1v) is 8.30. The maximum Gasteiger partial charge on any atom is 0.264 e. The van der Waals surface area contributed by atoms with Crippen LogP contribution in [0.25, 0.3) is 0 Å². The summed E-state index contributed by atoms with van der Waals surface area (Å²) in [6, 6.07) is 15.6. The third-order valence-corrected chi connectivity index (χ3v) is 4.67. The molecule has 2 aromatic carbocycles. The maximum absolute atomic E-state index is 12.4. The first kappa shape index (κ1) is 14.4. The highest BCUT2D eigenvalue weighted by atomic mass is 32.2. The van der Waals surface area contributed by atoms with Gasteiger partial charge in [-0.05, 0) is 36.4 Å². The van der Waals surface area contributed by atoms with E-state index in [1.807, 2.05) is 35.2 Å². The van der Waals surface area contributed by atoms with E-state index in [-0.39, 0.29) is 4.90 Å². The van der Waals surface area contributed by atoms with Gasteiger partial charge in [0.2, 0.25) is 5.96 Å². The van der Waals surface area contributed by atoms with Gasteiger partial charge in [0.05, 0.1) is 11.4 Å². The molecular weight excluding hydrogens is 300 g/mol. The van der Waals surface area contributed by atoms with E-state index in [1.54, 1.807) is 12.1 Å². The summed E-state index contributed by atoms with van der Waals surface area (Å²) in [5, 5.41) is 0. The summed E-state index contributed by atoms with van der Waals surface area (Å²) in [6.45, 7) is 1.19. The third kappa shape index (κ3) is 2.89. The summed E-state index contributed by atoms with van der Waals surface area (Å²) >= 11 is 0. The van der Waals surface area contributed by atoms with Crippen LogP contribution in [0, 0.1) is 0 Å². The number of hydrogen-bond acceptors (Lipinski definition) is 5. The number of nitrogens with two attached hydrogens (primary N) is 1. The van der Waals surface area contributed by atoms with E-state index in [0.717, 1.165) is 5.69 Å². The van der Waals surface area contributed by atoms with Crippen LogP contribution in [0.15, 0.2) is 64.5 Å². The van der Waals surface area contributed by atoms with Crippen LogP contribution in [0.5, 0.6) is 0 Å². The fourth-order valence-corrected chi connectivity index (χ4v) is 3.25. The number of benzene rings is 2. The summed E-state index contributed by atoms with van der Waals surface area (Å²) in [6.07, 6.45) is 0. The Morgan fingerprint density at radius 3 is 2.41 bits per heavy atom. The van der Waals surface area contributed by atoms with Gasteiger partial charge in [-0.15, -0.1) is 0 Å². The molecule has 0 spiro atoms. The van der Waals surface area contributed by atoms with Gasteiger partial charge in [0, 0.05) is 17.9 Å². The zero-order valence-corrected chi connectivity index (χ0v) is 12.6. The fourth-order valence-electron chi connectivity index (χ4n) is 2.22. The lowest BCUT2D eigenvalue weighted by atomic mass is 10.3. The van der Waals surface area contributed by atoms with Crippen LogP contribution in [0.3, 0.4) is 0 Å². The molecule has 7 heteroatoms. The van der Waals surface area contributed by atoms with Crippen molar-refractivity contribution in [1.29, 1.82) is 0 Å². The molecule has 3 rings (SSSR count).